The van der Waals surface area contributed by atoms with Crippen LogP contribution in [0.25, 0.3) is 0 Å². The zero-order valence-electron chi connectivity index (χ0n) is 63.8. The molecule has 12 saturated carbocycles. The Hall–Kier alpha value is -2.62. The molecule has 0 aromatic carbocycles. The molecule has 100 heavy (non-hydrogen) atoms. The third kappa shape index (κ3) is 11.1. The van der Waals surface area contributed by atoms with Crippen LogP contribution < -0.4 is 0 Å². The molecule has 0 saturated heterocycles. The second-order valence-electron chi connectivity index (χ2n) is 40.7. The molecule has 0 aromatic heterocycles. The van der Waals surface area contributed by atoms with Crippen LogP contribution in [0.4, 0.5) is 0 Å². The van der Waals surface area contributed by atoms with Gasteiger partial charge in [0.2, 0.25) is 0 Å². The molecule has 18 rings (SSSR count). The molecule has 0 heterocycles. The van der Waals surface area contributed by atoms with Gasteiger partial charge in [-0.15, -0.1) is 0 Å². The van der Waals surface area contributed by atoms with Crippen molar-refractivity contribution in [3.8, 4) is 0 Å². The molecule has 0 N–H and O–H groups in total. The maximum Gasteiger partial charge on any atom is 0.305 e. The van der Waals surface area contributed by atoms with Crippen LogP contribution in [0.5, 0.6) is 0 Å². The van der Waals surface area contributed by atoms with E-state index >= 15 is 0 Å². The van der Waals surface area contributed by atoms with Crippen LogP contribution in [0, 0.1) is 175 Å². The summed E-state index contributed by atoms with van der Waals surface area (Å²) in [4.78, 5) is 27.5. The highest BCUT2D eigenvalue weighted by atomic mass is 16.5. The van der Waals surface area contributed by atoms with Gasteiger partial charge in [0.05, 0.1) is 14.2 Å². The maximum absolute atomic E-state index is 13.8. The van der Waals surface area contributed by atoms with Gasteiger partial charge in [-0.05, 0) is 406 Å². The van der Waals surface area contributed by atoms with Crippen molar-refractivity contribution < 1.29 is 19.1 Å². The fourth-order valence-electron chi connectivity index (χ4n) is 36.2. The van der Waals surface area contributed by atoms with Crippen LogP contribution in [0.1, 0.15) is 321 Å². The second-order valence-corrected chi connectivity index (χ2v) is 40.7. The Morgan fingerprint density at radius 1 is 0.220 bits per heavy atom. The van der Waals surface area contributed by atoms with Crippen molar-refractivity contribution in [2.24, 2.45) is 175 Å². The molecule has 0 spiro atoms. The lowest BCUT2D eigenvalue weighted by atomic mass is 9.51. The van der Waals surface area contributed by atoms with Crippen LogP contribution in [-0.4, -0.2) is 26.2 Å². The lowest BCUT2D eigenvalue weighted by Gasteiger charge is -2.54. The molecule has 0 amide bonds. The van der Waals surface area contributed by atoms with Crippen LogP contribution in [0.3, 0.4) is 0 Å². The van der Waals surface area contributed by atoms with E-state index in [1.807, 2.05) is 0 Å². The van der Waals surface area contributed by atoms with Crippen molar-refractivity contribution in [1.82, 2.24) is 0 Å². The minimum atomic E-state index is 0.0582. The summed E-state index contributed by atoms with van der Waals surface area (Å²) < 4.78 is 11.3. The third-order valence-corrected chi connectivity index (χ3v) is 39.3. The minimum Gasteiger partial charge on any atom is -0.469 e. The highest BCUT2D eigenvalue weighted by molar-refractivity contribution is 5.69. The summed E-state index contributed by atoms with van der Waals surface area (Å²) >= 11 is 0. The summed E-state index contributed by atoms with van der Waals surface area (Å²) in [5.74, 6) is 20.6. The quantitative estimate of drug-likeness (QED) is 0.0849. The van der Waals surface area contributed by atoms with Crippen molar-refractivity contribution in [2.45, 2.75) is 321 Å². The van der Waals surface area contributed by atoms with Gasteiger partial charge in [-0.3, -0.25) is 9.59 Å². The molecule has 30 atom stereocenters. The molecule has 550 valence electrons. The summed E-state index contributed by atoms with van der Waals surface area (Å²) in [6.45, 7) is 0. The summed E-state index contributed by atoms with van der Waals surface area (Å²) in [6, 6.07) is 0. The van der Waals surface area contributed by atoms with Gasteiger partial charge in [-0.25, -0.2) is 0 Å². The zero-order valence-corrected chi connectivity index (χ0v) is 63.8. The largest absolute Gasteiger partial charge is 0.469 e. The SMILES string of the molecule is COC(=O)CCC1(CCC2(CCC3(CCC4(CCC5(CCC6(CCC(=O)OC)C7CC=CCC7C7CCCCC76)C6CC=CCC6C6CCCC[C@@H]65)C5CCCCC5C5CC=CC[C@H]54)C4CC=CCC4C4CCCCC43)C3CC=CCC3C3CCCC[C@@H]32)C2CC=CCC2C2CCCCC21. The third-order valence-electron chi connectivity index (χ3n) is 39.3. The molecular weight excluding hydrogens is 1220 g/mol. The average molecular weight is 1360 g/mol. The van der Waals surface area contributed by atoms with Gasteiger partial charge < -0.3 is 9.47 Å². The van der Waals surface area contributed by atoms with E-state index in [0.717, 1.165) is 155 Å². The van der Waals surface area contributed by atoms with E-state index < -0.39 is 0 Å². The van der Waals surface area contributed by atoms with Gasteiger partial charge in [0.15, 0.2) is 0 Å². The minimum absolute atomic E-state index is 0.0582. The van der Waals surface area contributed by atoms with Gasteiger partial charge in [0.25, 0.3) is 0 Å². The van der Waals surface area contributed by atoms with Crippen LogP contribution in [0.15, 0.2) is 72.9 Å². The first-order chi connectivity index (χ1) is 49.2. The van der Waals surface area contributed by atoms with Gasteiger partial charge >= 0.3 is 11.9 Å². The number of ether oxygens (including phenoxy) is 2. The Kier molecular flexibility index (Phi) is 19.7. The van der Waals surface area contributed by atoms with Crippen molar-refractivity contribution >= 4 is 11.9 Å². The normalized spacial score (nSPS) is 50.3. The summed E-state index contributed by atoms with van der Waals surface area (Å²) in [5.41, 5.74) is 2.11. The first-order valence-electron chi connectivity index (χ1n) is 45.2. The van der Waals surface area contributed by atoms with Gasteiger partial charge in [0, 0.05) is 12.8 Å². The van der Waals surface area contributed by atoms with E-state index in [1.165, 1.54) is 283 Å². The lowest BCUT2D eigenvalue weighted by Crippen LogP contribution is -2.45. The van der Waals surface area contributed by atoms with E-state index in [4.69, 9.17) is 9.47 Å². The van der Waals surface area contributed by atoms with Gasteiger partial charge in [0.1, 0.15) is 0 Å². The van der Waals surface area contributed by atoms with E-state index in [2.05, 4.69) is 72.9 Å². The zero-order chi connectivity index (χ0) is 67.3. The molecule has 18 aliphatic carbocycles. The molecule has 12 fully saturated rings. The number of carbonyl (C=O) groups is 2. The highest BCUT2D eigenvalue weighted by Crippen LogP contribution is 2.78. The first kappa shape index (κ1) is 69.1. The van der Waals surface area contributed by atoms with Crippen LogP contribution >= 0.6 is 0 Å². The lowest BCUT2D eigenvalue weighted by molar-refractivity contribution is -0.142. The number of esters is 2. The van der Waals surface area contributed by atoms with Crippen LogP contribution in [0.2, 0.25) is 0 Å². The Morgan fingerprint density at radius 3 is 0.560 bits per heavy atom. The van der Waals surface area contributed by atoms with Crippen molar-refractivity contribution in [3.63, 3.8) is 0 Å². The summed E-state index contributed by atoms with van der Waals surface area (Å²) in [6.07, 6.45) is 102. The molecule has 4 nitrogen and oxygen atoms in total. The van der Waals surface area contributed by atoms with Crippen molar-refractivity contribution in [1.29, 1.82) is 0 Å². The Morgan fingerprint density at radius 2 is 0.380 bits per heavy atom. The fraction of sp³-hybridized carbons (Fsp3) is 0.854. The first-order valence-corrected chi connectivity index (χ1v) is 45.2. The van der Waals surface area contributed by atoms with Crippen LogP contribution in [-0.2, 0) is 19.1 Å². The smallest absolute Gasteiger partial charge is 0.305 e. The number of methoxy groups -OCH3 is 2. The Labute approximate surface area is 610 Å². The van der Waals surface area contributed by atoms with Crippen molar-refractivity contribution in [3.05, 3.63) is 72.9 Å². The molecule has 0 aromatic rings. The van der Waals surface area contributed by atoms with E-state index in [1.54, 1.807) is 27.1 Å². The number of fused-ring (bicyclic) bond motifs is 18. The fourth-order valence-corrected chi connectivity index (χ4v) is 36.2. The monoisotopic (exact) mass is 1360 g/mol. The van der Waals surface area contributed by atoms with E-state index in [0.29, 0.717) is 34.5 Å². The van der Waals surface area contributed by atoms with E-state index in [9.17, 15) is 9.59 Å². The Bertz CT molecular complexity index is 2880. The molecule has 0 radical (unpaired) electrons. The number of allylic oxidation sites excluding steroid dienone is 12. The predicted molar refractivity (Wildman–Crippen MR) is 408 cm³/mol. The molecule has 18 aliphatic rings. The number of rotatable bonds is 21. The van der Waals surface area contributed by atoms with Gasteiger partial charge in [-0.2, -0.15) is 0 Å². The second kappa shape index (κ2) is 28.5. The summed E-state index contributed by atoms with van der Waals surface area (Å²) in [7, 11) is 3.36. The van der Waals surface area contributed by atoms with Crippen molar-refractivity contribution in [2.75, 3.05) is 14.2 Å². The molecule has 0 aliphatic heterocycles. The molecule has 4 heteroatoms. The molecule has 27 unspecified atom stereocenters. The molecule has 0 bridgehead atoms. The average Bonchev–Trinajstić information content (AvgIpc) is 1.56. The number of hydrogen-bond acceptors (Lipinski definition) is 4. The van der Waals surface area contributed by atoms with Gasteiger partial charge in [-0.1, -0.05) is 150 Å². The number of hydrogen-bond donors (Lipinski definition) is 0. The molecular formula is C96H142O4. The summed E-state index contributed by atoms with van der Waals surface area (Å²) in [5, 5.41) is 0. The highest BCUT2D eigenvalue weighted by Gasteiger charge is 2.70. The van der Waals surface area contributed by atoms with E-state index in [-0.39, 0.29) is 22.8 Å². The maximum atomic E-state index is 13.8. The Balaban J connectivity index is 0.745. The topological polar surface area (TPSA) is 52.6 Å². The number of carbonyl (C=O) groups excluding carboxylic acids is 2. The standard InChI is InChI=1S/C96H142O4/c1-99-89(97)51-53-91(77-39-15-3-27-65(77)66-28-4-16-40-78(66)91)55-57-93(81-43-19-7-31-69(81)70-32-8-20-44-82(70)93)59-61-95(85-47-23-11-35-73(85)74-36-12-24-48-86(74)95)63-64-96(87-49-25-13-37-75(87)76-38-14-26-50-88(76)96)62-60-94(83-45-21-9-33-71(83)72-34-10-22-46-84(72)94)58-56-92(54-52-90(98)100-2)79-41-17-5-29-67(79)68-30-6-18-42-80(68)92/h3,5,7,9,11,13,15,17,19,21,23,25,65-88H,4,6,8,10,12,14,16,18,20,22,24,26-64H2,1-2H3/t65?,66?,67?,68?,69?,70?,71?,72?,73?,74?,75?,76?,77?,78?,79?,80?,81?,82-,83?,84-,85+,86?,87?,88?,91?,92?,93?,94?,95?,96?/m0/s1. The predicted octanol–water partition coefficient (Wildman–Crippen LogP) is 25.1.